The molecule has 1 aromatic heterocycles. The summed E-state index contributed by atoms with van der Waals surface area (Å²) in [5, 5.41) is 9.14. The van der Waals surface area contributed by atoms with Gasteiger partial charge in [0.1, 0.15) is 6.23 Å². The molecule has 0 bridgehead atoms. The summed E-state index contributed by atoms with van der Waals surface area (Å²) >= 11 is 0. The van der Waals surface area contributed by atoms with Gasteiger partial charge in [-0.3, -0.25) is 4.79 Å². The zero-order chi connectivity index (χ0) is 13.3. The van der Waals surface area contributed by atoms with Crippen LogP contribution in [0, 0.1) is 5.92 Å². The van der Waals surface area contributed by atoms with Gasteiger partial charge in [0.2, 0.25) is 0 Å². The summed E-state index contributed by atoms with van der Waals surface area (Å²) in [6, 6.07) is 0. The monoisotopic (exact) mass is 254 g/mol. The fraction of sp³-hybridized carbons (Fsp3) is 0.667. The predicted octanol–water partition coefficient (Wildman–Crippen LogP) is 0.0149. The molecule has 3 atom stereocenters. The Kier molecular flexibility index (Phi) is 3.68. The van der Waals surface area contributed by atoms with Crippen LogP contribution in [0.15, 0.2) is 15.8 Å². The van der Waals surface area contributed by atoms with Crippen LogP contribution in [-0.4, -0.2) is 27.4 Å². The maximum atomic E-state index is 12.1. The maximum absolute atomic E-state index is 12.1. The molecule has 6 nitrogen and oxygen atoms in total. The van der Waals surface area contributed by atoms with Crippen LogP contribution in [0.1, 0.15) is 32.1 Å². The van der Waals surface area contributed by atoms with E-state index in [1.807, 2.05) is 13.8 Å². The fourth-order valence-electron chi connectivity index (χ4n) is 2.29. The van der Waals surface area contributed by atoms with Crippen molar-refractivity contribution in [3.05, 3.63) is 32.6 Å². The average Bonchev–Trinajstić information content (AvgIpc) is 2.70. The number of hydrogen-bond donors (Lipinski definition) is 2. The molecule has 100 valence electrons. The molecule has 2 N–H and O–H groups in total. The van der Waals surface area contributed by atoms with Crippen molar-refractivity contribution < 1.29 is 9.84 Å². The smallest absolute Gasteiger partial charge is 0.330 e. The van der Waals surface area contributed by atoms with Crippen LogP contribution in [-0.2, 0) is 11.2 Å². The van der Waals surface area contributed by atoms with Crippen molar-refractivity contribution in [3.8, 4) is 0 Å². The quantitative estimate of drug-likeness (QED) is 0.796. The molecule has 0 saturated carbocycles. The molecule has 1 aliphatic heterocycles. The van der Waals surface area contributed by atoms with E-state index in [1.54, 1.807) is 0 Å². The lowest BCUT2D eigenvalue weighted by molar-refractivity contribution is -0.0327. The molecular weight excluding hydrogens is 236 g/mol. The Bertz CT molecular complexity index is 534. The molecule has 1 saturated heterocycles. The molecule has 1 unspecified atom stereocenters. The number of nitrogens with one attached hydrogen (secondary N) is 1. The second kappa shape index (κ2) is 5.07. The van der Waals surface area contributed by atoms with E-state index in [9.17, 15) is 9.59 Å². The molecular formula is C12H18N2O4. The first-order valence-electron chi connectivity index (χ1n) is 6.17. The number of aliphatic hydroxyl groups excluding tert-OH is 1. The number of aromatic amines is 1. The highest BCUT2D eigenvalue weighted by atomic mass is 16.5. The van der Waals surface area contributed by atoms with E-state index in [0.717, 1.165) is 4.57 Å². The van der Waals surface area contributed by atoms with Crippen LogP contribution in [0.4, 0.5) is 0 Å². The largest absolute Gasteiger partial charge is 0.394 e. The molecule has 1 aliphatic rings. The first kappa shape index (κ1) is 13.0. The molecule has 2 heterocycles. The summed E-state index contributed by atoms with van der Waals surface area (Å²) in [4.78, 5) is 26.4. The van der Waals surface area contributed by atoms with E-state index in [-0.39, 0.29) is 24.2 Å². The van der Waals surface area contributed by atoms with Crippen molar-refractivity contribution in [2.24, 2.45) is 5.92 Å². The number of hydrogen-bond acceptors (Lipinski definition) is 4. The molecule has 0 amide bonds. The Morgan fingerprint density at radius 3 is 2.83 bits per heavy atom. The minimum Gasteiger partial charge on any atom is -0.394 e. The third-order valence-corrected chi connectivity index (χ3v) is 3.47. The first-order valence-corrected chi connectivity index (χ1v) is 6.17. The standard InChI is InChI=1S/C12H18N2O4/c1-3-8-5-13-12(17)14(11(8)16)10-4-7(2)9(6-15)18-10/h5,7,9-10,15H,3-4,6H2,1-2H3,(H,13,17)/t7-,9?,10-/m1/s1. The van der Waals surface area contributed by atoms with Gasteiger partial charge in [0, 0.05) is 11.8 Å². The number of rotatable bonds is 3. The fourth-order valence-corrected chi connectivity index (χ4v) is 2.29. The Morgan fingerprint density at radius 1 is 1.56 bits per heavy atom. The normalized spacial score (nSPS) is 27.6. The van der Waals surface area contributed by atoms with E-state index in [4.69, 9.17) is 9.84 Å². The number of H-pyrrole nitrogens is 1. The van der Waals surface area contributed by atoms with E-state index in [0.29, 0.717) is 18.4 Å². The van der Waals surface area contributed by atoms with Gasteiger partial charge in [0.05, 0.1) is 12.7 Å². The van der Waals surface area contributed by atoms with Crippen LogP contribution >= 0.6 is 0 Å². The average molecular weight is 254 g/mol. The second-order valence-electron chi connectivity index (χ2n) is 4.67. The second-order valence-corrected chi connectivity index (χ2v) is 4.67. The highest BCUT2D eigenvalue weighted by molar-refractivity contribution is 5.04. The number of aromatic nitrogens is 2. The van der Waals surface area contributed by atoms with Gasteiger partial charge in [-0.2, -0.15) is 0 Å². The molecule has 6 heteroatoms. The molecule has 1 fully saturated rings. The first-order chi connectivity index (χ1) is 8.58. The van der Waals surface area contributed by atoms with Crippen LogP contribution in [0.25, 0.3) is 0 Å². The lowest BCUT2D eigenvalue weighted by Crippen LogP contribution is -2.39. The summed E-state index contributed by atoms with van der Waals surface area (Å²) in [6.45, 7) is 3.69. The highest BCUT2D eigenvalue weighted by Crippen LogP contribution is 2.31. The summed E-state index contributed by atoms with van der Waals surface area (Å²) in [5.41, 5.74) is -0.219. The van der Waals surface area contributed by atoms with Crippen LogP contribution in [0.3, 0.4) is 0 Å². The molecule has 1 aromatic rings. The Labute approximate surface area is 104 Å². The topological polar surface area (TPSA) is 84.3 Å². The predicted molar refractivity (Wildman–Crippen MR) is 65.5 cm³/mol. The van der Waals surface area contributed by atoms with Gasteiger partial charge in [0.15, 0.2) is 0 Å². The van der Waals surface area contributed by atoms with Crippen molar-refractivity contribution in [3.63, 3.8) is 0 Å². The SMILES string of the molecule is CCc1c[nH]c(=O)n([C@H]2C[C@@H](C)C(CO)O2)c1=O. The number of aliphatic hydroxyl groups is 1. The van der Waals surface area contributed by atoms with Gasteiger partial charge in [0.25, 0.3) is 5.56 Å². The van der Waals surface area contributed by atoms with Crippen molar-refractivity contribution in [1.82, 2.24) is 9.55 Å². The van der Waals surface area contributed by atoms with E-state index in [1.165, 1.54) is 6.20 Å². The van der Waals surface area contributed by atoms with Crippen LogP contribution in [0.5, 0.6) is 0 Å². The van der Waals surface area contributed by atoms with Crippen molar-refractivity contribution in [1.29, 1.82) is 0 Å². The third kappa shape index (κ3) is 2.13. The lowest BCUT2D eigenvalue weighted by Gasteiger charge is -2.14. The van der Waals surface area contributed by atoms with Gasteiger partial charge in [-0.25, -0.2) is 9.36 Å². The van der Waals surface area contributed by atoms with Crippen molar-refractivity contribution >= 4 is 0 Å². The van der Waals surface area contributed by atoms with E-state index < -0.39 is 11.9 Å². The highest BCUT2D eigenvalue weighted by Gasteiger charge is 2.34. The zero-order valence-electron chi connectivity index (χ0n) is 10.5. The molecule has 0 aliphatic carbocycles. The molecule has 0 radical (unpaired) electrons. The van der Waals surface area contributed by atoms with Crippen molar-refractivity contribution in [2.45, 2.75) is 39.0 Å². The minimum atomic E-state index is -0.583. The van der Waals surface area contributed by atoms with Crippen molar-refractivity contribution in [2.75, 3.05) is 6.61 Å². The molecule has 18 heavy (non-hydrogen) atoms. The Hall–Kier alpha value is -1.40. The third-order valence-electron chi connectivity index (χ3n) is 3.47. The Balaban J connectivity index is 2.41. The molecule has 0 spiro atoms. The minimum absolute atomic E-state index is 0.0994. The van der Waals surface area contributed by atoms with Gasteiger partial charge >= 0.3 is 5.69 Å². The lowest BCUT2D eigenvalue weighted by atomic mass is 10.0. The number of nitrogens with zero attached hydrogens (tertiary/aromatic N) is 1. The summed E-state index contributed by atoms with van der Waals surface area (Å²) < 4.78 is 6.68. The number of aryl methyl sites for hydroxylation is 1. The van der Waals surface area contributed by atoms with E-state index >= 15 is 0 Å². The summed E-state index contributed by atoms with van der Waals surface area (Å²) in [7, 11) is 0. The maximum Gasteiger partial charge on any atom is 0.330 e. The zero-order valence-corrected chi connectivity index (χ0v) is 10.5. The van der Waals surface area contributed by atoms with Gasteiger partial charge in [-0.1, -0.05) is 13.8 Å². The van der Waals surface area contributed by atoms with Gasteiger partial charge < -0.3 is 14.8 Å². The van der Waals surface area contributed by atoms with Crippen LogP contribution < -0.4 is 11.2 Å². The summed E-state index contributed by atoms with van der Waals surface area (Å²) in [5.74, 6) is 0.122. The Morgan fingerprint density at radius 2 is 2.28 bits per heavy atom. The van der Waals surface area contributed by atoms with Gasteiger partial charge in [-0.05, 0) is 18.8 Å². The van der Waals surface area contributed by atoms with E-state index in [2.05, 4.69) is 4.98 Å². The van der Waals surface area contributed by atoms with Gasteiger partial charge in [-0.15, -0.1) is 0 Å². The van der Waals surface area contributed by atoms with Crippen LogP contribution in [0.2, 0.25) is 0 Å². The summed E-state index contributed by atoms with van der Waals surface area (Å²) in [6.07, 6.45) is 1.66. The molecule has 2 rings (SSSR count). The molecule has 0 aromatic carbocycles. The number of ether oxygens (including phenoxy) is 1.